The Morgan fingerprint density at radius 2 is 2.05 bits per heavy atom. The zero-order chi connectivity index (χ0) is 15.5. The number of Topliss-reactive ketones (excluding diaryl/α,β-unsaturated/α-hetero) is 1. The van der Waals surface area contributed by atoms with E-state index in [0.29, 0.717) is 5.57 Å². The Hall–Kier alpha value is -1.50. The highest BCUT2D eigenvalue weighted by Crippen LogP contribution is 2.26. The Morgan fingerprint density at radius 1 is 1.38 bits per heavy atom. The van der Waals surface area contributed by atoms with Crippen LogP contribution in [0.1, 0.15) is 13.8 Å². The Morgan fingerprint density at radius 3 is 2.67 bits per heavy atom. The quantitative estimate of drug-likeness (QED) is 0.665. The van der Waals surface area contributed by atoms with Crippen LogP contribution < -0.4 is 5.32 Å². The molecule has 1 aromatic rings. The first kappa shape index (κ1) is 15.9. The maximum absolute atomic E-state index is 11.7. The van der Waals surface area contributed by atoms with Crippen molar-refractivity contribution < 1.29 is 19.1 Å². The number of nitrogens with one attached hydrogen (secondary N) is 1. The maximum atomic E-state index is 11.7. The van der Waals surface area contributed by atoms with Crippen molar-refractivity contribution in [1.29, 1.82) is 0 Å². The van der Waals surface area contributed by atoms with Crippen LogP contribution in [-0.2, 0) is 19.1 Å². The van der Waals surface area contributed by atoms with Crippen molar-refractivity contribution in [2.24, 2.45) is 0 Å². The molecule has 0 amide bonds. The van der Waals surface area contributed by atoms with Crippen molar-refractivity contribution in [2.75, 3.05) is 11.9 Å². The van der Waals surface area contributed by atoms with E-state index in [-0.39, 0.29) is 12.9 Å². The second kappa shape index (κ2) is 6.51. The molecule has 6 heteroatoms. The number of carbonyl (C=O) groups is 2. The van der Waals surface area contributed by atoms with Gasteiger partial charge in [-0.3, -0.25) is 9.59 Å². The highest BCUT2D eigenvalue weighted by atomic mass is 79.9. The lowest BCUT2D eigenvalue weighted by Gasteiger charge is -2.36. The summed E-state index contributed by atoms with van der Waals surface area (Å²) in [5.41, 5.74) is 1.43. The highest BCUT2D eigenvalue weighted by Gasteiger charge is 2.36. The van der Waals surface area contributed by atoms with Crippen molar-refractivity contribution in [1.82, 2.24) is 0 Å². The number of ether oxygens (including phenoxy) is 2. The van der Waals surface area contributed by atoms with Crippen LogP contribution >= 0.6 is 15.9 Å². The van der Waals surface area contributed by atoms with E-state index in [0.717, 1.165) is 10.2 Å². The van der Waals surface area contributed by atoms with Crippen molar-refractivity contribution in [3.05, 3.63) is 40.5 Å². The van der Waals surface area contributed by atoms with Gasteiger partial charge in [0.1, 0.15) is 0 Å². The minimum absolute atomic E-state index is 0.223. The Balaban J connectivity index is 2.15. The summed E-state index contributed by atoms with van der Waals surface area (Å²) in [6, 6.07) is 7.55. The minimum Gasteiger partial charge on any atom is -0.362 e. The predicted molar refractivity (Wildman–Crippen MR) is 81.8 cm³/mol. The molecule has 1 atom stereocenters. The van der Waals surface area contributed by atoms with Crippen LogP contribution in [0.5, 0.6) is 0 Å². The van der Waals surface area contributed by atoms with Crippen LogP contribution in [0.2, 0.25) is 0 Å². The summed E-state index contributed by atoms with van der Waals surface area (Å²) in [7, 11) is 0. The van der Waals surface area contributed by atoms with E-state index < -0.39 is 17.7 Å². The van der Waals surface area contributed by atoms with Gasteiger partial charge in [0.05, 0.1) is 6.61 Å². The third-order valence-corrected chi connectivity index (χ3v) is 3.50. The number of carbonyl (C=O) groups excluding carboxylic acids is 2. The van der Waals surface area contributed by atoms with Gasteiger partial charge in [-0.2, -0.15) is 0 Å². The average molecular weight is 354 g/mol. The maximum Gasteiger partial charge on any atom is 0.228 e. The molecule has 1 saturated heterocycles. The van der Waals surface area contributed by atoms with Crippen LogP contribution in [0.4, 0.5) is 5.69 Å². The molecule has 112 valence electrons. The van der Waals surface area contributed by atoms with Gasteiger partial charge in [0.15, 0.2) is 18.2 Å². The van der Waals surface area contributed by atoms with Gasteiger partial charge in [-0.15, -0.1) is 0 Å². The lowest BCUT2D eigenvalue weighted by Crippen LogP contribution is -2.45. The van der Waals surface area contributed by atoms with Crippen LogP contribution in [0.15, 0.2) is 40.5 Å². The van der Waals surface area contributed by atoms with Gasteiger partial charge >= 0.3 is 0 Å². The van der Waals surface area contributed by atoms with Gasteiger partial charge in [-0.05, 0) is 38.1 Å². The summed E-state index contributed by atoms with van der Waals surface area (Å²) in [6.07, 6.45) is 1.01. The van der Waals surface area contributed by atoms with Crippen molar-refractivity contribution in [2.45, 2.75) is 25.7 Å². The first-order chi connectivity index (χ1) is 9.91. The number of benzene rings is 1. The summed E-state index contributed by atoms with van der Waals surface area (Å²) < 4.78 is 12.0. The molecule has 21 heavy (non-hydrogen) atoms. The molecule has 1 aliphatic heterocycles. The van der Waals surface area contributed by atoms with E-state index in [4.69, 9.17) is 9.47 Å². The van der Waals surface area contributed by atoms with Crippen LogP contribution in [0, 0.1) is 0 Å². The van der Waals surface area contributed by atoms with E-state index in [2.05, 4.69) is 21.2 Å². The van der Waals surface area contributed by atoms with Gasteiger partial charge in [0.25, 0.3) is 0 Å². The molecular weight excluding hydrogens is 338 g/mol. The number of anilines is 1. The third kappa shape index (κ3) is 4.23. The Labute approximate surface area is 131 Å². The summed E-state index contributed by atoms with van der Waals surface area (Å²) in [5, 5.41) is 3.07. The molecular formula is C15H16BrNO4. The lowest BCUT2D eigenvalue weighted by molar-refractivity contribution is -0.247. The Kier molecular flexibility index (Phi) is 4.92. The molecule has 5 nitrogen and oxygen atoms in total. The first-order valence-electron chi connectivity index (χ1n) is 6.43. The van der Waals surface area contributed by atoms with Crippen LogP contribution in [0.25, 0.3) is 0 Å². The van der Waals surface area contributed by atoms with E-state index in [1.54, 1.807) is 20.0 Å². The largest absolute Gasteiger partial charge is 0.362 e. The van der Waals surface area contributed by atoms with Gasteiger partial charge in [0, 0.05) is 21.9 Å². The predicted octanol–water partition coefficient (Wildman–Crippen LogP) is 2.66. The fraction of sp³-hybridized carbons (Fsp3) is 0.333. The van der Waals surface area contributed by atoms with Gasteiger partial charge in [-0.1, -0.05) is 15.9 Å². The fourth-order valence-corrected chi connectivity index (χ4v) is 2.13. The molecule has 1 unspecified atom stereocenters. The second-order valence-corrected chi connectivity index (χ2v) is 5.99. The smallest absolute Gasteiger partial charge is 0.228 e. The zero-order valence-electron chi connectivity index (χ0n) is 11.8. The zero-order valence-corrected chi connectivity index (χ0v) is 13.3. The summed E-state index contributed by atoms with van der Waals surface area (Å²) >= 11 is 3.36. The number of halogens is 1. The van der Waals surface area contributed by atoms with Crippen molar-refractivity contribution in [3.8, 4) is 0 Å². The van der Waals surface area contributed by atoms with Crippen molar-refractivity contribution >= 4 is 33.7 Å². The standard InChI is InChI=1S/C15H16BrNO4/c1-15(2)20-9-10(14(21-15)13(19)8-18)7-17-12-5-3-11(16)4-6-12/h3-8,14,17H,9H2,1-2H3. The molecule has 0 spiro atoms. The monoisotopic (exact) mass is 353 g/mol. The van der Waals surface area contributed by atoms with Gasteiger partial charge in [0.2, 0.25) is 5.78 Å². The van der Waals surface area contributed by atoms with E-state index in [1.807, 2.05) is 24.3 Å². The molecule has 0 saturated carbocycles. The topological polar surface area (TPSA) is 64.6 Å². The fourth-order valence-electron chi connectivity index (χ4n) is 1.87. The van der Waals surface area contributed by atoms with Gasteiger partial charge in [-0.25, -0.2) is 0 Å². The van der Waals surface area contributed by atoms with Crippen LogP contribution in [-0.4, -0.2) is 30.6 Å². The van der Waals surface area contributed by atoms with E-state index in [9.17, 15) is 9.59 Å². The summed E-state index contributed by atoms with van der Waals surface area (Å²) in [4.78, 5) is 22.4. The molecule has 1 N–H and O–H groups in total. The summed E-state index contributed by atoms with van der Waals surface area (Å²) in [6.45, 7) is 3.63. The molecule has 1 fully saturated rings. The molecule has 0 bridgehead atoms. The second-order valence-electron chi connectivity index (χ2n) is 5.08. The normalized spacial score (nSPS) is 22.8. The lowest BCUT2D eigenvalue weighted by atomic mass is 10.1. The van der Waals surface area contributed by atoms with Crippen LogP contribution in [0.3, 0.4) is 0 Å². The van der Waals surface area contributed by atoms with E-state index >= 15 is 0 Å². The molecule has 0 radical (unpaired) electrons. The molecule has 1 aliphatic rings. The number of ketones is 1. The van der Waals surface area contributed by atoms with Crippen molar-refractivity contribution in [3.63, 3.8) is 0 Å². The average Bonchev–Trinajstić information content (AvgIpc) is 2.46. The molecule has 1 aromatic carbocycles. The SMILES string of the molecule is CC1(C)OCC(=CNc2ccc(Br)cc2)C(C(=O)C=O)O1. The molecule has 0 aliphatic carbocycles. The first-order valence-corrected chi connectivity index (χ1v) is 7.22. The Bertz CT molecular complexity index is 566. The van der Waals surface area contributed by atoms with Gasteiger partial charge < -0.3 is 14.8 Å². The highest BCUT2D eigenvalue weighted by molar-refractivity contribution is 9.10. The van der Waals surface area contributed by atoms with E-state index in [1.165, 1.54) is 0 Å². The number of hydrogen-bond donors (Lipinski definition) is 1. The number of rotatable bonds is 4. The number of hydrogen-bond acceptors (Lipinski definition) is 5. The molecule has 2 rings (SSSR count). The molecule has 1 heterocycles. The third-order valence-electron chi connectivity index (χ3n) is 2.97. The molecule has 0 aromatic heterocycles. The number of aldehydes is 1. The summed E-state index contributed by atoms with van der Waals surface area (Å²) in [5.74, 6) is -1.51. The minimum atomic E-state index is -0.908.